The highest BCUT2D eigenvalue weighted by Crippen LogP contribution is 2.20. The summed E-state index contributed by atoms with van der Waals surface area (Å²) in [4.78, 5) is 16.8. The van der Waals surface area contributed by atoms with Crippen LogP contribution in [0.2, 0.25) is 0 Å². The van der Waals surface area contributed by atoms with Crippen molar-refractivity contribution in [2.45, 2.75) is 39.7 Å². The van der Waals surface area contributed by atoms with Crippen molar-refractivity contribution in [2.24, 2.45) is 5.41 Å². The van der Waals surface area contributed by atoms with Gasteiger partial charge in [-0.25, -0.2) is 0 Å². The Hall–Kier alpha value is -0.610. The maximum absolute atomic E-state index is 12.3. The maximum Gasteiger partial charge on any atom is 0.227 e. The number of rotatable bonds is 1. The van der Waals surface area contributed by atoms with Gasteiger partial charge in [0.25, 0.3) is 0 Å². The van der Waals surface area contributed by atoms with Crippen molar-refractivity contribution < 1.29 is 9.53 Å². The second kappa shape index (κ2) is 5.57. The Labute approximate surface area is 110 Å². The van der Waals surface area contributed by atoms with Gasteiger partial charge in [-0.15, -0.1) is 0 Å². The fourth-order valence-electron chi connectivity index (χ4n) is 2.79. The van der Waals surface area contributed by atoms with E-state index < -0.39 is 0 Å². The van der Waals surface area contributed by atoms with Gasteiger partial charge in [0.15, 0.2) is 0 Å². The summed E-state index contributed by atoms with van der Waals surface area (Å²) in [6.07, 6.45) is 2.23. The zero-order valence-electron chi connectivity index (χ0n) is 11.9. The van der Waals surface area contributed by atoms with E-state index >= 15 is 0 Å². The van der Waals surface area contributed by atoms with E-state index in [1.54, 1.807) is 0 Å². The lowest BCUT2D eigenvalue weighted by Crippen LogP contribution is -2.43. The molecule has 0 saturated carbocycles. The molecule has 2 aliphatic rings. The van der Waals surface area contributed by atoms with Crippen molar-refractivity contribution in [3.63, 3.8) is 0 Å². The Morgan fingerprint density at radius 1 is 1.17 bits per heavy atom. The van der Waals surface area contributed by atoms with Crippen molar-refractivity contribution in [3.05, 3.63) is 0 Å². The van der Waals surface area contributed by atoms with Crippen molar-refractivity contribution in [1.82, 2.24) is 9.80 Å². The van der Waals surface area contributed by atoms with Crippen molar-refractivity contribution in [1.29, 1.82) is 0 Å². The van der Waals surface area contributed by atoms with Gasteiger partial charge in [0.05, 0.1) is 6.61 Å². The first kappa shape index (κ1) is 13.8. The van der Waals surface area contributed by atoms with Crippen LogP contribution in [-0.4, -0.2) is 61.1 Å². The van der Waals surface area contributed by atoms with E-state index in [0.717, 1.165) is 52.2 Å². The third-order valence-electron chi connectivity index (χ3n) is 3.88. The normalized spacial score (nSPS) is 27.3. The topological polar surface area (TPSA) is 32.8 Å². The Balaban J connectivity index is 1.90. The van der Waals surface area contributed by atoms with Crippen molar-refractivity contribution >= 4 is 5.91 Å². The maximum atomic E-state index is 12.3. The third-order valence-corrected chi connectivity index (χ3v) is 3.88. The molecule has 1 amide bonds. The molecule has 0 aromatic rings. The summed E-state index contributed by atoms with van der Waals surface area (Å²) in [7, 11) is 0. The van der Waals surface area contributed by atoms with E-state index in [-0.39, 0.29) is 11.3 Å². The fraction of sp³-hybridized carbons (Fsp3) is 0.929. The van der Waals surface area contributed by atoms with Gasteiger partial charge in [0, 0.05) is 44.2 Å². The molecule has 1 unspecified atom stereocenters. The average molecular weight is 254 g/mol. The quantitative estimate of drug-likeness (QED) is 0.708. The van der Waals surface area contributed by atoms with E-state index in [2.05, 4.69) is 4.90 Å². The van der Waals surface area contributed by atoms with Crippen molar-refractivity contribution in [3.8, 4) is 0 Å². The van der Waals surface area contributed by atoms with Crippen LogP contribution in [0.4, 0.5) is 0 Å². The molecule has 0 radical (unpaired) electrons. The number of carbonyl (C=O) groups excluding carboxylic acids is 1. The number of amides is 1. The van der Waals surface area contributed by atoms with Crippen LogP contribution in [0, 0.1) is 5.41 Å². The van der Waals surface area contributed by atoms with E-state index in [1.165, 1.54) is 0 Å². The van der Waals surface area contributed by atoms with Crippen LogP contribution in [0.15, 0.2) is 0 Å². The second-order valence-corrected chi connectivity index (χ2v) is 6.45. The monoisotopic (exact) mass is 254 g/mol. The van der Waals surface area contributed by atoms with Gasteiger partial charge >= 0.3 is 0 Å². The van der Waals surface area contributed by atoms with Crippen LogP contribution in [0.3, 0.4) is 0 Å². The zero-order valence-corrected chi connectivity index (χ0v) is 11.9. The first-order valence-electron chi connectivity index (χ1n) is 7.09. The highest BCUT2D eigenvalue weighted by Gasteiger charge is 2.30. The molecule has 4 heteroatoms. The van der Waals surface area contributed by atoms with E-state index in [9.17, 15) is 4.79 Å². The summed E-state index contributed by atoms with van der Waals surface area (Å²) < 4.78 is 5.46. The lowest BCUT2D eigenvalue weighted by molar-refractivity contribution is -0.139. The smallest absolute Gasteiger partial charge is 0.227 e. The standard InChI is InChI=1S/C14H26N2O2/c1-14(2,3)13(17)16-7-4-6-15(8-9-16)12-5-10-18-11-12/h12H,4-11H2,1-3H3. The van der Waals surface area contributed by atoms with Gasteiger partial charge in [-0.3, -0.25) is 9.69 Å². The molecule has 2 saturated heterocycles. The summed E-state index contributed by atoms with van der Waals surface area (Å²) in [5.74, 6) is 0.284. The highest BCUT2D eigenvalue weighted by molar-refractivity contribution is 5.81. The van der Waals surface area contributed by atoms with Crippen LogP contribution in [0.5, 0.6) is 0 Å². The number of ether oxygens (including phenoxy) is 1. The number of nitrogens with zero attached hydrogens (tertiary/aromatic N) is 2. The number of carbonyl (C=O) groups is 1. The third kappa shape index (κ3) is 3.23. The molecule has 0 aromatic carbocycles. The molecule has 0 aromatic heterocycles. The first-order chi connectivity index (χ1) is 8.48. The minimum Gasteiger partial charge on any atom is -0.380 e. The minimum atomic E-state index is -0.258. The summed E-state index contributed by atoms with van der Waals surface area (Å²) in [6, 6.07) is 0.578. The molecule has 0 bridgehead atoms. The molecule has 2 rings (SSSR count). The molecular formula is C14H26N2O2. The molecule has 2 aliphatic heterocycles. The molecular weight excluding hydrogens is 228 g/mol. The fourth-order valence-corrected chi connectivity index (χ4v) is 2.79. The largest absolute Gasteiger partial charge is 0.380 e. The van der Waals surface area contributed by atoms with Crippen LogP contribution in [0.1, 0.15) is 33.6 Å². The molecule has 104 valence electrons. The van der Waals surface area contributed by atoms with Crippen LogP contribution in [0.25, 0.3) is 0 Å². The highest BCUT2D eigenvalue weighted by atomic mass is 16.5. The molecule has 0 N–H and O–H groups in total. The van der Waals surface area contributed by atoms with E-state index in [1.807, 2.05) is 25.7 Å². The summed E-state index contributed by atoms with van der Waals surface area (Å²) in [6.45, 7) is 11.6. The molecule has 18 heavy (non-hydrogen) atoms. The zero-order chi connectivity index (χ0) is 13.2. The molecule has 2 fully saturated rings. The average Bonchev–Trinajstić information content (AvgIpc) is 2.72. The van der Waals surface area contributed by atoms with Crippen molar-refractivity contribution in [2.75, 3.05) is 39.4 Å². The summed E-state index contributed by atoms with van der Waals surface area (Å²) in [5, 5.41) is 0. The van der Waals surface area contributed by atoms with Gasteiger partial charge in [-0.2, -0.15) is 0 Å². The van der Waals surface area contributed by atoms with Gasteiger partial charge in [-0.1, -0.05) is 20.8 Å². The van der Waals surface area contributed by atoms with Gasteiger partial charge < -0.3 is 9.64 Å². The Kier molecular flexibility index (Phi) is 4.28. The van der Waals surface area contributed by atoms with E-state index in [4.69, 9.17) is 4.74 Å². The minimum absolute atomic E-state index is 0.258. The first-order valence-corrected chi connectivity index (χ1v) is 7.09. The van der Waals surface area contributed by atoms with Crippen LogP contribution >= 0.6 is 0 Å². The second-order valence-electron chi connectivity index (χ2n) is 6.45. The molecule has 4 nitrogen and oxygen atoms in total. The molecule has 2 heterocycles. The summed E-state index contributed by atoms with van der Waals surface area (Å²) >= 11 is 0. The number of hydrogen-bond donors (Lipinski definition) is 0. The molecule has 1 atom stereocenters. The summed E-state index contributed by atoms with van der Waals surface area (Å²) in [5.41, 5.74) is -0.258. The predicted molar refractivity (Wildman–Crippen MR) is 71.4 cm³/mol. The van der Waals surface area contributed by atoms with E-state index in [0.29, 0.717) is 6.04 Å². The lowest BCUT2D eigenvalue weighted by Gasteiger charge is -2.29. The van der Waals surface area contributed by atoms with Gasteiger partial charge in [-0.05, 0) is 12.8 Å². The number of hydrogen-bond acceptors (Lipinski definition) is 3. The van der Waals surface area contributed by atoms with Gasteiger partial charge in [0.1, 0.15) is 0 Å². The van der Waals surface area contributed by atoms with Crippen LogP contribution in [-0.2, 0) is 9.53 Å². The van der Waals surface area contributed by atoms with Crippen LogP contribution < -0.4 is 0 Å². The Morgan fingerprint density at radius 2 is 1.94 bits per heavy atom. The van der Waals surface area contributed by atoms with Gasteiger partial charge in [0.2, 0.25) is 5.91 Å². The predicted octanol–water partition coefficient (Wildman–Crippen LogP) is 1.36. The Morgan fingerprint density at radius 3 is 2.56 bits per heavy atom. The molecule has 0 aliphatic carbocycles. The SMILES string of the molecule is CC(C)(C)C(=O)N1CCCN(C2CCOC2)CC1. The lowest BCUT2D eigenvalue weighted by atomic mass is 9.94. The molecule has 0 spiro atoms. The Bertz CT molecular complexity index is 293.